The third-order valence-electron chi connectivity index (χ3n) is 10.2. The molecule has 254 valence electrons. The lowest BCUT2D eigenvalue weighted by atomic mass is 9.74. The van der Waals surface area contributed by atoms with E-state index in [0.29, 0.717) is 36.9 Å². The smallest absolute Gasteiger partial charge is 0.262 e. The van der Waals surface area contributed by atoms with E-state index in [1.54, 1.807) is 24.4 Å². The highest BCUT2D eigenvalue weighted by Crippen LogP contribution is 2.47. The molecule has 4 aliphatic heterocycles. The number of pyridine rings is 1. The molecule has 7 rings (SSSR count). The Balaban J connectivity index is 0.902. The van der Waals surface area contributed by atoms with Crippen molar-refractivity contribution >= 4 is 58.3 Å². The Kier molecular flexibility index (Phi) is 8.84. The zero-order chi connectivity index (χ0) is 34.3. The van der Waals surface area contributed by atoms with Crippen molar-refractivity contribution in [2.45, 2.75) is 50.5 Å². The molecule has 1 aromatic heterocycles. The third kappa shape index (κ3) is 5.93. The molecule has 0 bridgehead atoms. The van der Waals surface area contributed by atoms with E-state index in [0.717, 1.165) is 59.9 Å². The van der Waals surface area contributed by atoms with E-state index in [2.05, 4.69) is 44.9 Å². The number of fused-ring (bicyclic) bond motifs is 2. The molecule has 0 aliphatic carbocycles. The first-order valence-electron chi connectivity index (χ1n) is 16.8. The fraction of sp³-hybridized carbons (Fsp3) is 0.389. The average molecular weight is 684 g/mol. The zero-order valence-electron chi connectivity index (χ0n) is 27.3. The van der Waals surface area contributed by atoms with Crippen LogP contribution in [-0.4, -0.2) is 89.6 Å². The lowest BCUT2D eigenvalue weighted by Gasteiger charge is -2.35. The number of piperidine rings is 1. The fourth-order valence-electron chi connectivity index (χ4n) is 7.53. The van der Waals surface area contributed by atoms with Crippen LogP contribution in [0.2, 0.25) is 5.02 Å². The fourth-order valence-corrected chi connectivity index (χ4v) is 7.86. The Morgan fingerprint density at radius 1 is 1.00 bits per heavy atom. The van der Waals surface area contributed by atoms with E-state index < -0.39 is 29.7 Å². The van der Waals surface area contributed by atoms with Crippen LogP contribution < -0.4 is 20.9 Å². The maximum atomic E-state index is 13.3. The van der Waals surface area contributed by atoms with Crippen LogP contribution in [0.1, 0.15) is 70.9 Å². The molecule has 0 radical (unpaired) electrons. The molecule has 2 atom stereocenters. The second kappa shape index (κ2) is 13.2. The molecule has 13 heteroatoms. The second-order valence-electron chi connectivity index (χ2n) is 13.0. The van der Waals surface area contributed by atoms with Crippen molar-refractivity contribution in [1.82, 2.24) is 20.1 Å². The highest BCUT2D eigenvalue weighted by atomic mass is 35.5. The van der Waals surface area contributed by atoms with Crippen LogP contribution in [0, 0.1) is 0 Å². The topological polar surface area (TPSA) is 144 Å². The van der Waals surface area contributed by atoms with Gasteiger partial charge in [0.2, 0.25) is 17.7 Å². The third-order valence-corrected chi connectivity index (χ3v) is 10.5. The van der Waals surface area contributed by atoms with Crippen LogP contribution >= 0.6 is 11.6 Å². The number of hydrogen-bond donors (Lipinski definition) is 3. The number of unbranched alkanes of at least 4 members (excludes halogenated alkanes) is 1. The minimum absolute atomic E-state index is 0.0698. The number of halogens is 1. The van der Waals surface area contributed by atoms with Gasteiger partial charge in [-0.2, -0.15) is 0 Å². The van der Waals surface area contributed by atoms with Crippen LogP contribution in [0.5, 0.6) is 0 Å². The van der Waals surface area contributed by atoms with Gasteiger partial charge in [-0.25, -0.2) is 4.98 Å². The molecular weight excluding hydrogens is 646 g/mol. The maximum absolute atomic E-state index is 13.3. The summed E-state index contributed by atoms with van der Waals surface area (Å²) < 4.78 is 0. The van der Waals surface area contributed by atoms with Gasteiger partial charge in [0.25, 0.3) is 11.8 Å². The molecule has 2 saturated heterocycles. The first kappa shape index (κ1) is 32.7. The number of amides is 5. The predicted molar refractivity (Wildman–Crippen MR) is 185 cm³/mol. The molecule has 2 unspecified atom stereocenters. The highest BCUT2D eigenvalue weighted by Gasteiger charge is 2.45. The largest absolute Gasteiger partial charge is 0.385 e. The summed E-state index contributed by atoms with van der Waals surface area (Å²) in [6, 6.07) is 14.1. The summed E-state index contributed by atoms with van der Waals surface area (Å²) in [4.78, 5) is 72.8. The summed E-state index contributed by atoms with van der Waals surface area (Å²) in [5.74, 6) is -1.19. The lowest BCUT2D eigenvalue weighted by Crippen LogP contribution is -2.54. The lowest BCUT2D eigenvalue weighted by molar-refractivity contribution is -0.136. The molecule has 2 fully saturated rings. The van der Waals surface area contributed by atoms with Crippen LogP contribution in [-0.2, 0) is 19.8 Å². The van der Waals surface area contributed by atoms with Gasteiger partial charge in [-0.05, 0) is 74.2 Å². The number of nitrogens with one attached hydrogen (secondary N) is 3. The van der Waals surface area contributed by atoms with E-state index in [9.17, 15) is 24.0 Å². The summed E-state index contributed by atoms with van der Waals surface area (Å²) in [6.07, 6.45) is 4.47. The number of carbonyl (C=O) groups is 5. The van der Waals surface area contributed by atoms with Crippen molar-refractivity contribution in [2.24, 2.45) is 0 Å². The molecular formula is C36H38ClN7O5. The Hall–Kier alpha value is -4.81. The minimum Gasteiger partial charge on any atom is -0.385 e. The van der Waals surface area contributed by atoms with Gasteiger partial charge in [0, 0.05) is 66.2 Å². The molecule has 3 aromatic rings. The number of rotatable bonds is 10. The van der Waals surface area contributed by atoms with Crippen molar-refractivity contribution in [1.29, 1.82) is 0 Å². The van der Waals surface area contributed by atoms with Crippen molar-refractivity contribution in [3.8, 4) is 0 Å². The Labute approximate surface area is 289 Å². The van der Waals surface area contributed by atoms with E-state index >= 15 is 0 Å². The number of hydrogen-bond acceptors (Lipinski definition) is 9. The van der Waals surface area contributed by atoms with Gasteiger partial charge in [-0.1, -0.05) is 30.7 Å². The van der Waals surface area contributed by atoms with Crippen LogP contribution in [0.25, 0.3) is 0 Å². The van der Waals surface area contributed by atoms with Gasteiger partial charge in [-0.3, -0.25) is 39.1 Å². The van der Waals surface area contributed by atoms with Gasteiger partial charge in [0.05, 0.1) is 17.7 Å². The predicted octanol–water partition coefficient (Wildman–Crippen LogP) is 3.80. The maximum Gasteiger partial charge on any atom is 0.262 e. The Morgan fingerprint density at radius 3 is 2.63 bits per heavy atom. The first-order valence-corrected chi connectivity index (χ1v) is 17.2. The zero-order valence-corrected chi connectivity index (χ0v) is 28.0. The SMILES string of the molecule is CCC1(c2cccc(N3CCN(CCCCNc4ccc5c(c4)C(=O)N(C4CCC(=O)NC4=O)C5=O)CC3=O)c2)CNc2nccc(Cl)c21. The van der Waals surface area contributed by atoms with Crippen molar-refractivity contribution < 1.29 is 24.0 Å². The average Bonchev–Trinajstić information content (AvgIpc) is 3.61. The number of piperazine rings is 1. The molecule has 12 nitrogen and oxygen atoms in total. The molecule has 2 aromatic carbocycles. The standard InChI is InChI=1S/C36H38ClN7O5/c1-2-36(21-40-32-31(36)27(37)12-14-39-32)22-6-5-7-24(18-22)43-17-16-42(20-30(43)46)15-4-3-13-38-23-8-9-25-26(19-23)35(49)44(34(25)48)28-10-11-29(45)41-33(28)47/h5-9,12,14,18-19,28,38H,2-4,10-11,13,15-17,20-21H2,1H3,(H,39,40)(H,41,45,47). The van der Waals surface area contributed by atoms with E-state index in [1.807, 2.05) is 23.1 Å². The van der Waals surface area contributed by atoms with Crippen molar-refractivity contribution in [3.63, 3.8) is 0 Å². The molecule has 0 spiro atoms. The van der Waals surface area contributed by atoms with Gasteiger partial charge in [-0.15, -0.1) is 0 Å². The number of aromatic nitrogens is 1. The van der Waals surface area contributed by atoms with Crippen molar-refractivity contribution in [2.75, 3.05) is 54.8 Å². The first-order chi connectivity index (χ1) is 23.7. The van der Waals surface area contributed by atoms with Gasteiger partial charge < -0.3 is 15.5 Å². The summed E-state index contributed by atoms with van der Waals surface area (Å²) in [6.45, 7) is 6.01. The number of imide groups is 2. The number of carbonyl (C=O) groups excluding carboxylic acids is 5. The highest BCUT2D eigenvalue weighted by molar-refractivity contribution is 6.32. The van der Waals surface area contributed by atoms with E-state index in [1.165, 1.54) is 0 Å². The Bertz CT molecular complexity index is 1870. The quantitative estimate of drug-likeness (QED) is 0.215. The molecule has 3 N–H and O–H groups in total. The summed E-state index contributed by atoms with van der Waals surface area (Å²) >= 11 is 6.67. The van der Waals surface area contributed by atoms with Gasteiger partial charge >= 0.3 is 0 Å². The second-order valence-corrected chi connectivity index (χ2v) is 13.4. The molecule has 4 aliphatic rings. The summed E-state index contributed by atoms with van der Waals surface area (Å²) in [7, 11) is 0. The molecule has 5 amide bonds. The molecule has 5 heterocycles. The van der Waals surface area contributed by atoms with Crippen molar-refractivity contribution in [3.05, 3.63) is 82.0 Å². The van der Waals surface area contributed by atoms with Crippen LogP contribution in [0.15, 0.2) is 54.7 Å². The number of anilines is 3. The monoisotopic (exact) mass is 683 g/mol. The van der Waals surface area contributed by atoms with E-state index in [-0.39, 0.29) is 35.3 Å². The summed E-state index contributed by atoms with van der Waals surface area (Å²) in [5, 5.41) is 9.65. The summed E-state index contributed by atoms with van der Waals surface area (Å²) in [5.41, 5.74) is 3.90. The molecule has 0 saturated carbocycles. The normalized spacial score (nSPS) is 22.2. The Morgan fingerprint density at radius 2 is 1.84 bits per heavy atom. The van der Waals surface area contributed by atoms with Crippen LogP contribution in [0.3, 0.4) is 0 Å². The van der Waals surface area contributed by atoms with Gasteiger partial charge in [0.1, 0.15) is 11.9 Å². The number of benzene rings is 2. The van der Waals surface area contributed by atoms with E-state index in [4.69, 9.17) is 11.6 Å². The minimum atomic E-state index is -0.987. The number of nitrogens with zero attached hydrogens (tertiary/aromatic N) is 4. The molecule has 49 heavy (non-hydrogen) atoms. The van der Waals surface area contributed by atoms with Gasteiger partial charge in [0.15, 0.2) is 0 Å². The van der Waals surface area contributed by atoms with Crippen LogP contribution in [0.4, 0.5) is 17.2 Å².